The first-order valence-corrected chi connectivity index (χ1v) is 4.15. The number of nitrogens with two attached hydrogens (primary N) is 1. The van der Waals surface area contributed by atoms with Gasteiger partial charge in [-0.25, -0.2) is 13.8 Å². The number of fused-ring (bicyclic) bond motifs is 1. The molecule has 0 saturated heterocycles. The number of pyridine rings is 1. The fourth-order valence-electron chi connectivity index (χ4n) is 1.46. The molecule has 78 valence electrons. The van der Waals surface area contributed by atoms with E-state index in [-0.39, 0.29) is 22.2 Å². The van der Waals surface area contributed by atoms with E-state index in [1.807, 2.05) is 0 Å². The summed E-state index contributed by atoms with van der Waals surface area (Å²) < 4.78 is 25.1. The first-order chi connectivity index (χ1) is 7.11. The van der Waals surface area contributed by atoms with Crippen LogP contribution in [0.4, 0.5) is 8.78 Å². The second-order valence-electron chi connectivity index (χ2n) is 2.99. The minimum Gasteiger partial charge on any atom is -0.366 e. The number of primary amides is 1. The second kappa shape index (κ2) is 3.30. The van der Waals surface area contributed by atoms with Crippen molar-refractivity contribution in [2.45, 2.75) is 6.43 Å². The summed E-state index contributed by atoms with van der Waals surface area (Å²) in [6.07, 6.45) is -0.191. The molecule has 3 N–H and O–H groups in total. The summed E-state index contributed by atoms with van der Waals surface area (Å²) in [5, 5.41) is 0.0972. The van der Waals surface area contributed by atoms with Crippen LogP contribution >= 0.6 is 0 Å². The van der Waals surface area contributed by atoms with Crippen LogP contribution in [0.15, 0.2) is 18.5 Å². The molecular weight excluding hydrogens is 204 g/mol. The number of hydrogen-bond donors (Lipinski definition) is 2. The van der Waals surface area contributed by atoms with Gasteiger partial charge in [-0.15, -0.1) is 0 Å². The number of rotatable bonds is 2. The summed E-state index contributed by atoms with van der Waals surface area (Å²) in [6, 6.07) is 1.32. The lowest BCUT2D eigenvalue weighted by atomic mass is 10.1. The Morgan fingerprint density at radius 3 is 2.87 bits per heavy atom. The van der Waals surface area contributed by atoms with Crippen molar-refractivity contribution in [3.05, 3.63) is 29.6 Å². The van der Waals surface area contributed by atoms with Crippen LogP contribution in [-0.4, -0.2) is 15.9 Å². The average Bonchev–Trinajstić information content (AvgIpc) is 2.60. The minimum atomic E-state index is -2.67. The van der Waals surface area contributed by atoms with E-state index >= 15 is 0 Å². The number of hydrogen-bond acceptors (Lipinski definition) is 2. The number of nitrogens with one attached hydrogen (secondary N) is 1. The maximum atomic E-state index is 12.6. The van der Waals surface area contributed by atoms with Crippen molar-refractivity contribution >= 4 is 16.9 Å². The summed E-state index contributed by atoms with van der Waals surface area (Å²) >= 11 is 0. The Morgan fingerprint density at radius 1 is 1.53 bits per heavy atom. The van der Waals surface area contributed by atoms with E-state index in [1.165, 1.54) is 12.3 Å². The molecule has 0 aliphatic rings. The number of halogens is 2. The quantitative estimate of drug-likeness (QED) is 0.791. The first-order valence-electron chi connectivity index (χ1n) is 4.15. The molecule has 2 rings (SSSR count). The van der Waals surface area contributed by atoms with Gasteiger partial charge in [-0.3, -0.25) is 4.79 Å². The lowest BCUT2D eigenvalue weighted by molar-refractivity contribution is 0.100. The Labute approximate surface area is 83.1 Å². The Kier molecular flexibility index (Phi) is 2.11. The summed E-state index contributed by atoms with van der Waals surface area (Å²) in [7, 11) is 0. The first kappa shape index (κ1) is 9.57. The van der Waals surface area contributed by atoms with Gasteiger partial charge in [-0.2, -0.15) is 0 Å². The molecule has 0 aliphatic carbocycles. The van der Waals surface area contributed by atoms with Crippen LogP contribution in [0, 0.1) is 0 Å². The Hall–Kier alpha value is -1.98. The largest absolute Gasteiger partial charge is 0.366 e. The summed E-state index contributed by atoms with van der Waals surface area (Å²) in [4.78, 5) is 17.4. The lowest BCUT2D eigenvalue weighted by Crippen LogP contribution is -2.11. The van der Waals surface area contributed by atoms with E-state index in [0.29, 0.717) is 0 Å². The molecule has 0 aromatic carbocycles. The van der Waals surface area contributed by atoms with Gasteiger partial charge in [0.05, 0.1) is 5.56 Å². The van der Waals surface area contributed by atoms with Crippen molar-refractivity contribution < 1.29 is 13.6 Å². The van der Waals surface area contributed by atoms with Crippen LogP contribution in [0.25, 0.3) is 11.0 Å². The van der Waals surface area contributed by atoms with Crippen LogP contribution in [0.5, 0.6) is 0 Å². The van der Waals surface area contributed by atoms with Crippen LogP contribution in [0.1, 0.15) is 22.3 Å². The van der Waals surface area contributed by atoms with Crippen molar-refractivity contribution in [1.82, 2.24) is 9.97 Å². The fourth-order valence-corrected chi connectivity index (χ4v) is 1.46. The molecule has 1 amide bonds. The molecule has 0 unspecified atom stereocenters. The Bertz CT molecular complexity index is 521. The van der Waals surface area contributed by atoms with Gasteiger partial charge < -0.3 is 10.7 Å². The second-order valence-corrected chi connectivity index (χ2v) is 2.99. The zero-order valence-corrected chi connectivity index (χ0v) is 7.50. The van der Waals surface area contributed by atoms with Crippen molar-refractivity contribution in [2.24, 2.45) is 5.73 Å². The van der Waals surface area contributed by atoms with E-state index < -0.39 is 12.3 Å². The zero-order chi connectivity index (χ0) is 11.0. The molecule has 0 saturated carbocycles. The summed E-state index contributed by atoms with van der Waals surface area (Å²) in [5.74, 6) is -0.746. The molecule has 4 nitrogen and oxygen atoms in total. The van der Waals surface area contributed by atoms with Gasteiger partial charge in [0.1, 0.15) is 5.65 Å². The molecule has 0 atom stereocenters. The summed E-state index contributed by atoms with van der Waals surface area (Å²) in [5.41, 5.74) is 5.12. The molecule has 0 radical (unpaired) electrons. The van der Waals surface area contributed by atoms with E-state index in [4.69, 9.17) is 5.73 Å². The van der Waals surface area contributed by atoms with Gasteiger partial charge >= 0.3 is 0 Å². The summed E-state index contributed by atoms with van der Waals surface area (Å²) in [6.45, 7) is 0. The molecule has 2 heterocycles. The van der Waals surface area contributed by atoms with Crippen LogP contribution < -0.4 is 5.73 Å². The molecule has 0 spiro atoms. The minimum absolute atomic E-state index is 0.0524. The molecule has 15 heavy (non-hydrogen) atoms. The highest BCUT2D eigenvalue weighted by Crippen LogP contribution is 2.28. The van der Waals surface area contributed by atoms with Gasteiger partial charge in [0.15, 0.2) is 0 Å². The van der Waals surface area contributed by atoms with Crippen molar-refractivity contribution in [2.75, 3.05) is 0 Å². The van der Waals surface area contributed by atoms with Crippen molar-refractivity contribution in [1.29, 1.82) is 0 Å². The molecular formula is C9H7F2N3O. The van der Waals surface area contributed by atoms with Gasteiger partial charge in [-0.05, 0) is 6.07 Å². The highest BCUT2D eigenvalue weighted by Gasteiger charge is 2.18. The van der Waals surface area contributed by atoms with Crippen LogP contribution in [0.2, 0.25) is 0 Å². The topological polar surface area (TPSA) is 71.8 Å². The van der Waals surface area contributed by atoms with E-state index in [0.717, 1.165) is 6.20 Å². The molecule has 0 fully saturated rings. The van der Waals surface area contributed by atoms with Gasteiger partial charge in [0.2, 0.25) is 5.91 Å². The lowest BCUT2D eigenvalue weighted by Gasteiger charge is -2.00. The van der Waals surface area contributed by atoms with Gasteiger partial charge in [-0.1, -0.05) is 0 Å². The average molecular weight is 211 g/mol. The number of carbonyl (C=O) groups is 1. The number of amides is 1. The number of H-pyrrole nitrogens is 1. The van der Waals surface area contributed by atoms with E-state index in [9.17, 15) is 13.6 Å². The van der Waals surface area contributed by atoms with Gasteiger partial charge in [0, 0.05) is 23.3 Å². The number of aromatic nitrogens is 2. The standard InChI is InChI=1S/C9H7F2N3O/c10-7(11)5-3-14-9-6(5)4(8(12)15)1-2-13-9/h1-3,7H,(H2,12,15)(H,13,14). The third-order valence-corrected chi connectivity index (χ3v) is 2.10. The monoisotopic (exact) mass is 211 g/mol. The zero-order valence-electron chi connectivity index (χ0n) is 7.50. The molecule has 6 heteroatoms. The maximum Gasteiger partial charge on any atom is 0.265 e. The van der Waals surface area contributed by atoms with Crippen molar-refractivity contribution in [3.63, 3.8) is 0 Å². The SMILES string of the molecule is NC(=O)c1ccnc2[nH]cc(C(F)F)c12. The Morgan fingerprint density at radius 2 is 2.27 bits per heavy atom. The predicted molar refractivity (Wildman–Crippen MR) is 49.6 cm³/mol. The molecule has 2 aromatic heterocycles. The molecule has 2 aromatic rings. The van der Waals surface area contributed by atoms with E-state index in [2.05, 4.69) is 9.97 Å². The fraction of sp³-hybridized carbons (Fsp3) is 0.111. The molecule has 0 bridgehead atoms. The van der Waals surface area contributed by atoms with Crippen molar-refractivity contribution in [3.8, 4) is 0 Å². The van der Waals surface area contributed by atoms with Crippen LogP contribution in [0.3, 0.4) is 0 Å². The third-order valence-electron chi connectivity index (χ3n) is 2.10. The maximum absolute atomic E-state index is 12.6. The van der Waals surface area contributed by atoms with E-state index in [1.54, 1.807) is 0 Å². The smallest absolute Gasteiger partial charge is 0.265 e. The Balaban J connectivity index is 2.80. The highest BCUT2D eigenvalue weighted by atomic mass is 19.3. The predicted octanol–water partition coefficient (Wildman–Crippen LogP) is 1.60. The van der Waals surface area contributed by atoms with Gasteiger partial charge in [0.25, 0.3) is 6.43 Å². The highest BCUT2D eigenvalue weighted by molar-refractivity contribution is 6.05. The number of carbonyl (C=O) groups excluding carboxylic acids is 1. The number of nitrogens with zero attached hydrogens (tertiary/aromatic N) is 1. The molecule has 0 aliphatic heterocycles. The number of aromatic amines is 1. The third kappa shape index (κ3) is 1.43. The normalized spacial score (nSPS) is 11.1. The number of alkyl halides is 2. The van der Waals surface area contributed by atoms with Crippen LogP contribution in [-0.2, 0) is 0 Å².